The van der Waals surface area contributed by atoms with E-state index < -0.39 is 0 Å². The van der Waals surface area contributed by atoms with Crippen LogP contribution in [0.5, 0.6) is 0 Å². The van der Waals surface area contributed by atoms with Crippen molar-refractivity contribution in [3.05, 3.63) is 82.7 Å². The van der Waals surface area contributed by atoms with Gasteiger partial charge in [0.2, 0.25) is 5.91 Å². The fraction of sp³-hybridized carbons (Fsp3) is 0.280. The van der Waals surface area contributed by atoms with Crippen LogP contribution in [-0.2, 0) is 24.3 Å². The van der Waals surface area contributed by atoms with Gasteiger partial charge in [-0.25, -0.2) is 0 Å². The third-order valence-corrected chi connectivity index (χ3v) is 5.87. The lowest BCUT2D eigenvalue weighted by atomic mass is 9.99. The fourth-order valence-electron chi connectivity index (χ4n) is 4.07. The minimum absolute atomic E-state index is 0.120. The van der Waals surface area contributed by atoms with E-state index in [1.165, 1.54) is 11.8 Å². The Balaban J connectivity index is 1.50. The molecular formula is C25H26N4O3. The highest BCUT2D eigenvalue weighted by atomic mass is 16.2. The van der Waals surface area contributed by atoms with Crippen LogP contribution >= 0.6 is 0 Å². The lowest BCUT2D eigenvalue weighted by Crippen LogP contribution is -2.41. The molecule has 0 spiro atoms. The maximum Gasteiger partial charge on any atom is 0.277 e. The molecule has 0 unspecified atom stereocenters. The molecule has 3 aromatic rings. The summed E-state index contributed by atoms with van der Waals surface area (Å²) in [5.74, 6) is -0.0907. The molecule has 0 N–H and O–H groups in total. The van der Waals surface area contributed by atoms with Crippen molar-refractivity contribution in [3.63, 3.8) is 0 Å². The van der Waals surface area contributed by atoms with E-state index in [0.29, 0.717) is 43.6 Å². The molecule has 0 radical (unpaired) electrons. The normalized spacial score (nSPS) is 13.1. The molecule has 7 nitrogen and oxygen atoms in total. The number of aromatic nitrogens is 2. The summed E-state index contributed by atoms with van der Waals surface area (Å²) in [5, 5.41) is 4.13. The van der Waals surface area contributed by atoms with Gasteiger partial charge in [-0.05, 0) is 35.2 Å². The van der Waals surface area contributed by atoms with Gasteiger partial charge < -0.3 is 9.80 Å². The summed E-state index contributed by atoms with van der Waals surface area (Å²) >= 11 is 0. The maximum atomic E-state index is 12.9. The molecule has 0 saturated carbocycles. The molecule has 32 heavy (non-hydrogen) atoms. The summed E-state index contributed by atoms with van der Waals surface area (Å²) in [4.78, 5) is 39.6. The molecule has 164 valence electrons. The van der Waals surface area contributed by atoms with E-state index in [1.54, 1.807) is 14.5 Å². The summed E-state index contributed by atoms with van der Waals surface area (Å²) in [6.07, 6.45) is 3.34. The van der Waals surface area contributed by atoms with Crippen molar-refractivity contribution in [2.24, 2.45) is 0 Å². The van der Waals surface area contributed by atoms with E-state index in [2.05, 4.69) is 17.2 Å². The Bertz CT molecular complexity index is 1150. The van der Waals surface area contributed by atoms with Crippen LogP contribution in [0, 0.1) is 0 Å². The van der Waals surface area contributed by atoms with Gasteiger partial charge in [-0.3, -0.25) is 19.1 Å². The second kappa shape index (κ2) is 9.18. The standard InChI is InChI=1S/C25H26N4O3/c1-3-23(31)27(2)16-20-7-5-4-6-19(20)14-18-8-10-22(11-9-18)28-12-13-29-24(25(28)32)21(17-30)15-26-29/h4-11,15,17H,3,12-14,16H2,1-2H3. The predicted octanol–water partition coefficient (Wildman–Crippen LogP) is 3.32. The Morgan fingerprint density at radius 1 is 1.09 bits per heavy atom. The number of fused-ring (bicyclic) bond motifs is 1. The average molecular weight is 431 g/mol. The van der Waals surface area contributed by atoms with Gasteiger partial charge in [0.15, 0.2) is 6.29 Å². The van der Waals surface area contributed by atoms with E-state index in [4.69, 9.17) is 0 Å². The third-order valence-electron chi connectivity index (χ3n) is 5.87. The summed E-state index contributed by atoms with van der Waals surface area (Å²) in [6, 6.07) is 16.1. The van der Waals surface area contributed by atoms with E-state index in [1.807, 2.05) is 50.4 Å². The molecule has 1 aliphatic rings. The van der Waals surface area contributed by atoms with Gasteiger partial charge in [0, 0.05) is 32.2 Å². The SMILES string of the molecule is CCC(=O)N(C)Cc1ccccc1Cc1ccc(N2CCn3ncc(C=O)c3C2=O)cc1. The van der Waals surface area contributed by atoms with Crippen molar-refractivity contribution in [1.29, 1.82) is 0 Å². The number of carbonyl (C=O) groups excluding carboxylic acids is 3. The zero-order valence-corrected chi connectivity index (χ0v) is 18.3. The van der Waals surface area contributed by atoms with Crippen molar-refractivity contribution in [1.82, 2.24) is 14.7 Å². The minimum Gasteiger partial charge on any atom is -0.341 e. The fourth-order valence-corrected chi connectivity index (χ4v) is 4.07. The average Bonchev–Trinajstić information content (AvgIpc) is 3.25. The number of nitrogens with zero attached hydrogens (tertiary/aromatic N) is 4. The number of rotatable bonds is 7. The van der Waals surface area contributed by atoms with Crippen molar-refractivity contribution in [3.8, 4) is 0 Å². The van der Waals surface area contributed by atoms with Crippen LogP contribution in [0.2, 0.25) is 0 Å². The van der Waals surface area contributed by atoms with Gasteiger partial charge in [-0.1, -0.05) is 43.3 Å². The molecular weight excluding hydrogens is 404 g/mol. The molecule has 0 saturated heterocycles. The second-order valence-corrected chi connectivity index (χ2v) is 7.96. The van der Waals surface area contributed by atoms with Gasteiger partial charge in [-0.2, -0.15) is 5.10 Å². The molecule has 1 aromatic heterocycles. The summed E-state index contributed by atoms with van der Waals surface area (Å²) in [6.45, 7) is 3.50. The van der Waals surface area contributed by atoms with Crippen LogP contribution in [0.4, 0.5) is 5.69 Å². The molecule has 0 atom stereocenters. The molecule has 2 aromatic carbocycles. The molecule has 2 heterocycles. The first kappa shape index (κ1) is 21.5. The summed E-state index contributed by atoms with van der Waals surface area (Å²) in [5.41, 5.74) is 4.87. The van der Waals surface area contributed by atoms with E-state index in [0.717, 1.165) is 23.2 Å². The Labute approximate surface area is 187 Å². The van der Waals surface area contributed by atoms with Crippen LogP contribution in [0.1, 0.15) is 50.9 Å². The van der Waals surface area contributed by atoms with Crippen molar-refractivity contribution >= 4 is 23.8 Å². The Kier molecular flexibility index (Phi) is 6.16. The number of carbonyl (C=O) groups is 3. The van der Waals surface area contributed by atoms with Crippen LogP contribution in [-0.4, -0.2) is 46.4 Å². The van der Waals surface area contributed by atoms with Crippen LogP contribution in [0.15, 0.2) is 54.7 Å². The number of benzene rings is 2. The van der Waals surface area contributed by atoms with Crippen molar-refractivity contribution in [2.75, 3.05) is 18.5 Å². The molecule has 0 bridgehead atoms. The van der Waals surface area contributed by atoms with E-state index in [-0.39, 0.29) is 11.8 Å². The monoisotopic (exact) mass is 430 g/mol. The lowest BCUT2D eigenvalue weighted by Gasteiger charge is -2.28. The molecule has 0 fully saturated rings. The summed E-state index contributed by atoms with van der Waals surface area (Å²) < 4.78 is 1.59. The Hall–Kier alpha value is -3.74. The zero-order chi connectivity index (χ0) is 22.7. The van der Waals surface area contributed by atoms with Gasteiger partial charge in [0.25, 0.3) is 5.91 Å². The van der Waals surface area contributed by atoms with Crippen molar-refractivity contribution < 1.29 is 14.4 Å². The van der Waals surface area contributed by atoms with Gasteiger partial charge in [0.05, 0.1) is 18.3 Å². The molecule has 4 rings (SSSR count). The van der Waals surface area contributed by atoms with Crippen molar-refractivity contribution in [2.45, 2.75) is 32.9 Å². The zero-order valence-electron chi connectivity index (χ0n) is 18.3. The number of hydrogen-bond donors (Lipinski definition) is 0. The quantitative estimate of drug-likeness (QED) is 0.539. The number of amides is 2. The first-order valence-corrected chi connectivity index (χ1v) is 10.7. The highest BCUT2D eigenvalue weighted by molar-refractivity contribution is 6.09. The molecule has 2 amide bonds. The van der Waals surface area contributed by atoms with Crippen LogP contribution in [0.25, 0.3) is 0 Å². The summed E-state index contributed by atoms with van der Waals surface area (Å²) in [7, 11) is 1.83. The number of anilines is 1. The molecule has 7 heteroatoms. The smallest absolute Gasteiger partial charge is 0.277 e. The molecule has 0 aliphatic carbocycles. The third kappa shape index (κ3) is 4.19. The maximum absolute atomic E-state index is 12.9. The second-order valence-electron chi connectivity index (χ2n) is 7.96. The highest BCUT2D eigenvalue weighted by Gasteiger charge is 2.29. The van der Waals surface area contributed by atoms with E-state index in [9.17, 15) is 14.4 Å². The topological polar surface area (TPSA) is 75.5 Å². The van der Waals surface area contributed by atoms with Crippen LogP contribution < -0.4 is 4.90 Å². The predicted molar refractivity (Wildman–Crippen MR) is 122 cm³/mol. The Morgan fingerprint density at radius 3 is 2.50 bits per heavy atom. The minimum atomic E-state index is -0.211. The first-order valence-electron chi connectivity index (χ1n) is 10.7. The van der Waals surface area contributed by atoms with Crippen LogP contribution in [0.3, 0.4) is 0 Å². The number of hydrogen-bond acceptors (Lipinski definition) is 4. The highest BCUT2D eigenvalue weighted by Crippen LogP contribution is 2.24. The lowest BCUT2D eigenvalue weighted by molar-refractivity contribution is -0.130. The largest absolute Gasteiger partial charge is 0.341 e. The first-order chi connectivity index (χ1) is 15.5. The molecule has 1 aliphatic heterocycles. The van der Waals surface area contributed by atoms with Gasteiger partial charge in [0.1, 0.15) is 5.69 Å². The van der Waals surface area contributed by atoms with E-state index >= 15 is 0 Å². The number of aldehydes is 1. The Morgan fingerprint density at radius 2 is 1.81 bits per heavy atom. The van der Waals surface area contributed by atoms with Gasteiger partial charge >= 0.3 is 0 Å². The van der Waals surface area contributed by atoms with Gasteiger partial charge in [-0.15, -0.1) is 0 Å².